The molecule has 0 aliphatic rings. The fourth-order valence-corrected chi connectivity index (χ4v) is 5.70. The first-order chi connectivity index (χ1) is 12.7. The Bertz CT molecular complexity index is 1170. The summed E-state index contributed by atoms with van der Waals surface area (Å²) in [5.41, 5.74) is 0.280. The Hall–Kier alpha value is -2.43. The van der Waals surface area contributed by atoms with Crippen LogP contribution in [0.5, 0.6) is 0 Å². The number of para-hydroxylation sites is 1. The molecule has 0 bridgehead atoms. The number of nitrogens with one attached hydrogen (secondary N) is 2. The minimum atomic E-state index is -4.12. The third kappa shape index (κ3) is 4.29. The summed E-state index contributed by atoms with van der Waals surface area (Å²) in [4.78, 5) is -0.155. The number of hydrogen-bond acceptors (Lipinski definition) is 5. The number of aryl methyl sites for hydroxylation is 1. The molecule has 2 aromatic carbocycles. The van der Waals surface area contributed by atoms with Crippen molar-refractivity contribution >= 4 is 42.8 Å². The molecule has 10 heteroatoms. The van der Waals surface area contributed by atoms with Gasteiger partial charge < -0.3 is 0 Å². The molecule has 6 nitrogen and oxygen atoms in total. The van der Waals surface area contributed by atoms with E-state index in [1.165, 1.54) is 42.5 Å². The average Bonchev–Trinajstić information content (AvgIpc) is 3.14. The van der Waals surface area contributed by atoms with Gasteiger partial charge in [-0.25, -0.2) is 21.2 Å². The molecule has 0 saturated carbocycles. The van der Waals surface area contributed by atoms with Crippen molar-refractivity contribution in [2.45, 2.75) is 16.0 Å². The highest BCUT2D eigenvalue weighted by Gasteiger charge is 2.21. The lowest BCUT2D eigenvalue weighted by molar-refractivity contribution is 0.597. The summed E-state index contributed by atoms with van der Waals surface area (Å²) < 4.78 is 68.4. The fourth-order valence-electron chi connectivity index (χ4n) is 2.32. The summed E-state index contributed by atoms with van der Waals surface area (Å²) in [6.45, 7) is 1.56. The molecule has 0 aliphatic carbocycles. The zero-order valence-corrected chi connectivity index (χ0v) is 16.5. The van der Waals surface area contributed by atoms with Gasteiger partial charge in [-0.2, -0.15) is 0 Å². The Morgan fingerprint density at radius 1 is 0.889 bits per heavy atom. The van der Waals surface area contributed by atoms with Crippen molar-refractivity contribution in [3.8, 4) is 0 Å². The van der Waals surface area contributed by atoms with E-state index in [0.29, 0.717) is 5.56 Å². The van der Waals surface area contributed by atoms with Gasteiger partial charge in [0, 0.05) is 0 Å². The normalized spacial score (nSPS) is 11.9. The van der Waals surface area contributed by atoms with Gasteiger partial charge in [0.15, 0.2) is 0 Å². The van der Waals surface area contributed by atoms with Crippen LogP contribution in [0.15, 0.2) is 69.1 Å². The first-order valence-corrected chi connectivity index (χ1v) is 11.5. The Balaban J connectivity index is 1.95. The molecule has 3 aromatic rings. The van der Waals surface area contributed by atoms with Crippen molar-refractivity contribution in [2.24, 2.45) is 0 Å². The lowest BCUT2D eigenvalue weighted by Gasteiger charge is -2.13. The second-order valence-corrected chi connectivity index (χ2v) is 10.1. The van der Waals surface area contributed by atoms with E-state index in [2.05, 4.69) is 9.44 Å². The molecule has 142 valence electrons. The topological polar surface area (TPSA) is 92.3 Å². The van der Waals surface area contributed by atoms with Crippen molar-refractivity contribution < 1.29 is 21.2 Å². The average molecular weight is 427 g/mol. The second kappa shape index (κ2) is 7.29. The van der Waals surface area contributed by atoms with E-state index in [0.717, 1.165) is 17.4 Å². The Labute approximate surface area is 160 Å². The number of anilines is 2. The number of thiophene rings is 1. The Kier molecular flexibility index (Phi) is 5.22. The molecule has 0 spiro atoms. The molecule has 0 saturated heterocycles. The minimum absolute atomic E-state index is 0.0860. The monoisotopic (exact) mass is 426 g/mol. The van der Waals surface area contributed by atoms with Crippen molar-refractivity contribution in [1.29, 1.82) is 0 Å². The first kappa shape index (κ1) is 19.3. The van der Waals surface area contributed by atoms with Gasteiger partial charge in [-0.1, -0.05) is 24.3 Å². The molecule has 0 fully saturated rings. The Morgan fingerprint density at radius 2 is 1.63 bits per heavy atom. The van der Waals surface area contributed by atoms with E-state index in [9.17, 15) is 21.2 Å². The van der Waals surface area contributed by atoms with Gasteiger partial charge in [-0.3, -0.25) is 9.44 Å². The smallest absolute Gasteiger partial charge is 0.271 e. The van der Waals surface area contributed by atoms with Gasteiger partial charge in [0.05, 0.1) is 16.3 Å². The summed E-state index contributed by atoms with van der Waals surface area (Å²) in [6, 6.07) is 12.6. The maximum absolute atomic E-state index is 13.8. The van der Waals surface area contributed by atoms with Crippen LogP contribution in [0.4, 0.5) is 15.8 Å². The highest BCUT2D eigenvalue weighted by atomic mass is 32.2. The van der Waals surface area contributed by atoms with Crippen LogP contribution in [0, 0.1) is 12.7 Å². The zero-order chi connectivity index (χ0) is 19.7. The number of halogens is 1. The number of sulfonamides is 2. The van der Waals surface area contributed by atoms with Crippen LogP contribution < -0.4 is 9.44 Å². The largest absolute Gasteiger partial charge is 0.279 e. The van der Waals surface area contributed by atoms with Gasteiger partial charge in [-0.15, -0.1) is 11.3 Å². The van der Waals surface area contributed by atoms with Crippen molar-refractivity contribution in [3.05, 3.63) is 71.4 Å². The third-order valence-electron chi connectivity index (χ3n) is 3.61. The first-order valence-electron chi connectivity index (χ1n) is 7.63. The summed E-state index contributed by atoms with van der Waals surface area (Å²) in [6.07, 6.45) is 0. The number of hydrogen-bond donors (Lipinski definition) is 2. The maximum Gasteiger partial charge on any atom is 0.271 e. The molecular formula is C17H15FN2O4S3. The second-order valence-electron chi connectivity index (χ2n) is 5.60. The van der Waals surface area contributed by atoms with Crippen molar-refractivity contribution in [3.63, 3.8) is 0 Å². The van der Waals surface area contributed by atoms with Gasteiger partial charge in [0.1, 0.15) is 10.0 Å². The molecule has 0 aliphatic heterocycles. The standard InChI is InChI=1S/C17H15FN2O4S3/c1-12-8-9-13(19-27(23,24)17-7-4-10-25-17)11-16(12)26(21,22)20-15-6-3-2-5-14(15)18/h2-11,19-20H,1H3. The van der Waals surface area contributed by atoms with E-state index in [4.69, 9.17) is 0 Å². The van der Waals surface area contributed by atoms with Crippen LogP contribution in [0.1, 0.15) is 5.56 Å². The lowest BCUT2D eigenvalue weighted by Crippen LogP contribution is -2.16. The van der Waals surface area contributed by atoms with Crippen LogP contribution >= 0.6 is 11.3 Å². The third-order valence-corrected chi connectivity index (χ3v) is 7.89. The summed E-state index contributed by atoms with van der Waals surface area (Å²) >= 11 is 1.04. The molecular weight excluding hydrogens is 411 g/mol. The molecule has 0 unspecified atom stereocenters. The zero-order valence-electron chi connectivity index (χ0n) is 14.0. The lowest BCUT2D eigenvalue weighted by atomic mass is 10.2. The maximum atomic E-state index is 13.8. The van der Waals surface area contributed by atoms with Gasteiger partial charge in [-0.05, 0) is 48.2 Å². The molecule has 0 radical (unpaired) electrons. The van der Waals surface area contributed by atoms with E-state index >= 15 is 0 Å². The molecule has 1 heterocycles. The van der Waals surface area contributed by atoms with Crippen LogP contribution in [-0.2, 0) is 20.0 Å². The quantitative estimate of drug-likeness (QED) is 0.627. The van der Waals surface area contributed by atoms with Crippen molar-refractivity contribution in [1.82, 2.24) is 0 Å². The molecule has 0 amide bonds. The summed E-state index contributed by atoms with van der Waals surface area (Å²) in [5.74, 6) is -0.715. The molecule has 3 rings (SSSR count). The van der Waals surface area contributed by atoms with Crippen LogP contribution in [0.2, 0.25) is 0 Å². The van der Waals surface area contributed by atoms with Gasteiger partial charge in [0.2, 0.25) is 0 Å². The predicted molar refractivity (Wildman–Crippen MR) is 104 cm³/mol. The highest BCUT2D eigenvalue weighted by Crippen LogP contribution is 2.26. The van der Waals surface area contributed by atoms with Crippen LogP contribution in [0.25, 0.3) is 0 Å². The van der Waals surface area contributed by atoms with Gasteiger partial charge >= 0.3 is 0 Å². The van der Waals surface area contributed by atoms with Crippen molar-refractivity contribution in [2.75, 3.05) is 9.44 Å². The van der Waals surface area contributed by atoms with Gasteiger partial charge in [0.25, 0.3) is 20.0 Å². The number of benzene rings is 2. The van der Waals surface area contributed by atoms with Crippen LogP contribution in [0.3, 0.4) is 0 Å². The van der Waals surface area contributed by atoms with E-state index in [1.807, 2.05) is 0 Å². The minimum Gasteiger partial charge on any atom is -0.279 e. The Morgan fingerprint density at radius 3 is 2.30 bits per heavy atom. The summed E-state index contributed by atoms with van der Waals surface area (Å²) in [7, 11) is -7.94. The fraction of sp³-hybridized carbons (Fsp3) is 0.0588. The van der Waals surface area contributed by atoms with E-state index in [-0.39, 0.29) is 20.5 Å². The van der Waals surface area contributed by atoms with Crippen LogP contribution in [-0.4, -0.2) is 16.8 Å². The molecule has 27 heavy (non-hydrogen) atoms. The molecule has 1 aromatic heterocycles. The predicted octanol–water partition coefficient (Wildman–Crippen LogP) is 3.80. The summed E-state index contributed by atoms with van der Waals surface area (Å²) in [5, 5.41) is 1.62. The molecule has 0 atom stereocenters. The SMILES string of the molecule is Cc1ccc(NS(=O)(=O)c2cccs2)cc1S(=O)(=O)Nc1ccccc1F. The van der Waals surface area contributed by atoms with E-state index in [1.54, 1.807) is 18.4 Å². The van der Waals surface area contributed by atoms with E-state index < -0.39 is 25.9 Å². The highest BCUT2D eigenvalue weighted by molar-refractivity contribution is 7.94. The molecule has 2 N–H and O–H groups in total. The number of rotatable bonds is 6.